The zero-order chi connectivity index (χ0) is 11.7. The van der Waals surface area contributed by atoms with E-state index in [1.54, 1.807) is 11.8 Å². The van der Waals surface area contributed by atoms with Crippen molar-refractivity contribution in [1.82, 2.24) is 0 Å². The lowest BCUT2D eigenvalue weighted by Crippen LogP contribution is -2.43. The highest BCUT2D eigenvalue weighted by molar-refractivity contribution is 7.99. The topological polar surface area (TPSA) is 40.5 Å². The molecular weight excluding hydrogens is 222 g/mol. The van der Waals surface area contributed by atoms with E-state index in [0.29, 0.717) is 5.75 Å². The molecular formula is C12H15NO2S. The van der Waals surface area contributed by atoms with Crippen LogP contribution in [0.3, 0.4) is 0 Å². The number of fused-ring (bicyclic) bond motifs is 1. The van der Waals surface area contributed by atoms with Gasteiger partial charge in [-0.2, -0.15) is 0 Å². The number of thioether (sulfide) groups is 1. The number of carboxylic acid groups (broad SMARTS) is 1. The lowest BCUT2D eigenvalue weighted by Gasteiger charge is -2.34. The molecule has 0 spiro atoms. The molecule has 16 heavy (non-hydrogen) atoms. The zero-order valence-electron chi connectivity index (χ0n) is 9.43. The molecule has 0 radical (unpaired) electrons. The van der Waals surface area contributed by atoms with Gasteiger partial charge in [0, 0.05) is 17.7 Å². The average molecular weight is 237 g/mol. The molecule has 0 aromatic heterocycles. The molecule has 0 amide bonds. The molecule has 3 nitrogen and oxygen atoms in total. The second-order valence-electron chi connectivity index (χ2n) is 3.89. The Balaban J connectivity index is 2.45. The Morgan fingerprint density at radius 3 is 3.00 bits per heavy atom. The summed E-state index contributed by atoms with van der Waals surface area (Å²) in [5.74, 6) is -0.127. The van der Waals surface area contributed by atoms with Gasteiger partial charge in [-0.05, 0) is 18.1 Å². The van der Waals surface area contributed by atoms with E-state index in [-0.39, 0.29) is 0 Å². The largest absolute Gasteiger partial charge is 0.480 e. The van der Waals surface area contributed by atoms with Crippen LogP contribution in [0.5, 0.6) is 0 Å². The van der Waals surface area contributed by atoms with Gasteiger partial charge in [0.15, 0.2) is 0 Å². The van der Waals surface area contributed by atoms with Crippen molar-refractivity contribution in [3.05, 3.63) is 23.8 Å². The van der Waals surface area contributed by atoms with Crippen LogP contribution in [0.15, 0.2) is 23.1 Å². The van der Waals surface area contributed by atoms with Gasteiger partial charge >= 0.3 is 5.97 Å². The van der Waals surface area contributed by atoms with Crippen molar-refractivity contribution in [2.45, 2.75) is 24.3 Å². The van der Waals surface area contributed by atoms with Crippen molar-refractivity contribution in [2.24, 2.45) is 0 Å². The average Bonchev–Trinajstić information content (AvgIpc) is 2.28. The summed E-state index contributed by atoms with van der Waals surface area (Å²) in [6.07, 6.45) is 0.931. The maximum Gasteiger partial charge on any atom is 0.327 e. The van der Waals surface area contributed by atoms with E-state index in [1.807, 2.05) is 18.0 Å². The van der Waals surface area contributed by atoms with Crippen LogP contribution >= 0.6 is 11.8 Å². The molecule has 1 aromatic carbocycles. The molecule has 0 bridgehead atoms. The predicted molar refractivity (Wildman–Crippen MR) is 66.4 cm³/mol. The Labute approximate surface area is 99.5 Å². The summed E-state index contributed by atoms with van der Waals surface area (Å²) < 4.78 is 0. The van der Waals surface area contributed by atoms with E-state index >= 15 is 0 Å². The first-order valence-corrected chi connectivity index (χ1v) is 6.34. The SMILES string of the molecule is CCc1cccc2c1N(C)C(C(=O)O)CS2. The minimum atomic E-state index is -0.744. The summed E-state index contributed by atoms with van der Waals surface area (Å²) in [7, 11) is 1.87. The van der Waals surface area contributed by atoms with E-state index in [0.717, 1.165) is 12.1 Å². The Kier molecular flexibility index (Phi) is 3.10. The molecule has 1 aliphatic heterocycles. The maximum atomic E-state index is 11.1. The molecule has 1 heterocycles. The van der Waals surface area contributed by atoms with Gasteiger partial charge in [-0.1, -0.05) is 19.1 Å². The number of hydrogen-bond donors (Lipinski definition) is 1. The van der Waals surface area contributed by atoms with E-state index in [1.165, 1.54) is 10.5 Å². The van der Waals surface area contributed by atoms with Crippen LogP contribution < -0.4 is 4.90 Å². The molecule has 2 rings (SSSR count). The number of hydrogen-bond acceptors (Lipinski definition) is 3. The summed E-state index contributed by atoms with van der Waals surface area (Å²) in [5.41, 5.74) is 2.31. The molecule has 0 aliphatic carbocycles. The van der Waals surface area contributed by atoms with Gasteiger partial charge in [0.1, 0.15) is 6.04 Å². The number of aliphatic carboxylic acids is 1. The summed E-state index contributed by atoms with van der Waals surface area (Å²) in [6, 6.07) is 5.76. The van der Waals surface area contributed by atoms with Gasteiger partial charge in [-0.15, -0.1) is 11.8 Å². The summed E-state index contributed by atoms with van der Waals surface area (Å²) in [4.78, 5) is 14.2. The molecule has 1 atom stereocenters. The zero-order valence-corrected chi connectivity index (χ0v) is 10.3. The predicted octanol–water partition coefficient (Wildman–Crippen LogP) is 2.24. The fourth-order valence-electron chi connectivity index (χ4n) is 2.04. The number of carboxylic acids is 1. The summed E-state index contributed by atoms with van der Waals surface area (Å²) >= 11 is 1.64. The maximum absolute atomic E-state index is 11.1. The Bertz CT molecular complexity index is 405. The quantitative estimate of drug-likeness (QED) is 0.856. The number of para-hydroxylation sites is 1. The van der Waals surface area contributed by atoms with Gasteiger partial charge < -0.3 is 10.0 Å². The monoisotopic (exact) mass is 237 g/mol. The highest BCUT2D eigenvalue weighted by atomic mass is 32.2. The standard InChI is InChI=1S/C12H15NO2S/c1-3-8-5-4-6-10-11(8)13(2)9(7-16-10)12(14)15/h4-6,9H,3,7H2,1-2H3,(H,14,15). The number of benzene rings is 1. The third kappa shape index (κ3) is 1.78. The van der Waals surface area contributed by atoms with Crippen molar-refractivity contribution in [1.29, 1.82) is 0 Å². The van der Waals surface area contributed by atoms with Crippen LogP contribution in [0.4, 0.5) is 5.69 Å². The molecule has 0 saturated carbocycles. The summed E-state index contributed by atoms with van der Waals surface area (Å²) in [5, 5.41) is 9.14. The fourth-order valence-corrected chi connectivity index (χ4v) is 3.33. The smallest absolute Gasteiger partial charge is 0.327 e. The fraction of sp³-hybridized carbons (Fsp3) is 0.417. The lowest BCUT2D eigenvalue weighted by molar-refractivity contribution is -0.138. The van der Waals surface area contributed by atoms with Crippen molar-refractivity contribution in [2.75, 3.05) is 17.7 Å². The molecule has 86 valence electrons. The first-order valence-electron chi connectivity index (χ1n) is 5.35. The van der Waals surface area contributed by atoms with Gasteiger partial charge in [0.25, 0.3) is 0 Å². The molecule has 1 aliphatic rings. The highest BCUT2D eigenvalue weighted by Gasteiger charge is 2.30. The van der Waals surface area contributed by atoms with Gasteiger partial charge in [-0.25, -0.2) is 4.79 Å². The summed E-state index contributed by atoms with van der Waals surface area (Å²) in [6.45, 7) is 2.10. The molecule has 0 fully saturated rings. The number of rotatable bonds is 2. The van der Waals surface area contributed by atoms with Crippen molar-refractivity contribution < 1.29 is 9.90 Å². The van der Waals surface area contributed by atoms with Crippen LogP contribution in [0.1, 0.15) is 12.5 Å². The number of likely N-dealkylation sites (N-methyl/N-ethyl adjacent to an activating group) is 1. The lowest BCUT2D eigenvalue weighted by atomic mass is 10.1. The molecule has 1 N–H and O–H groups in total. The van der Waals surface area contributed by atoms with Crippen LogP contribution in [0.2, 0.25) is 0 Å². The van der Waals surface area contributed by atoms with Crippen LogP contribution in [0, 0.1) is 0 Å². The third-order valence-electron chi connectivity index (χ3n) is 2.97. The minimum Gasteiger partial charge on any atom is -0.480 e. The van der Waals surface area contributed by atoms with E-state index in [4.69, 9.17) is 5.11 Å². The Morgan fingerprint density at radius 2 is 2.38 bits per heavy atom. The van der Waals surface area contributed by atoms with Crippen LogP contribution in [0.25, 0.3) is 0 Å². The molecule has 1 aromatic rings. The van der Waals surface area contributed by atoms with E-state index in [2.05, 4.69) is 19.1 Å². The molecule has 4 heteroatoms. The first-order chi connectivity index (χ1) is 7.65. The van der Waals surface area contributed by atoms with E-state index in [9.17, 15) is 4.79 Å². The third-order valence-corrected chi connectivity index (χ3v) is 4.09. The van der Waals surface area contributed by atoms with Gasteiger partial charge in [0.2, 0.25) is 0 Å². The van der Waals surface area contributed by atoms with Gasteiger partial charge in [-0.3, -0.25) is 0 Å². The highest BCUT2D eigenvalue weighted by Crippen LogP contribution is 2.39. The van der Waals surface area contributed by atoms with E-state index < -0.39 is 12.0 Å². The molecule has 0 saturated heterocycles. The number of anilines is 1. The first kappa shape index (κ1) is 11.3. The molecule has 1 unspecified atom stereocenters. The van der Waals surface area contributed by atoms with Crippen LogP contribution in [-0.2, 0) is 11.2 Å². The number of aryl methyl sites for hydroxylation is 1. The van der Waals surface area contributed by atoms with Crippen LogP contribution in [-0.4, -0.2) is 29.9 Å². The minimum absolute atomic E-state index is 0.412. The number of nitrogens with zero attached hydrogens (tertiary/aromatic N) is 1. The van der Waals surface area contributed by atoms with Crippen molar-refractivity contribution in [3.8, 4) is 0 Å². The number of carbonyl (C=O) groups is 1. The van der Waals surface area contributed by atoms with Gasteiger partial charge in [0.05, 0.1) is 5.69 Å². The van der Waals surface area contributed by atoms with Crippen molar-refractivity contribution >= 4 is 23.4 Å². The van der Waals surface area contributed by atoms with Crippen molar-refractivity contribution in [3.63, 3.8) is 0 Å². The second-order valence-corrected chi connectivity index (χ2v) is 4.96. The second kappa shape index (κ2) is 4.37. The Hall–Kier alpha value is -1.16. The normalized spacial score (nSPS) is 19.4. The Morgan fingerprint density at radius 1 is 1.62 bits per heavy atom.